The van der Waals surface area contributed by atoms with Crippen LogP contribution in [0.4, 0.5) is 0 Å². The van der Waals surface area contributed by atoms with Gasteiger partial charge in [0.1, 0.15) is 22.8 Å². The molecule has 25 heavy (non-hydrogen) atoms. The predicted molar refractivity (Wildman–Crippen MR) is 91.5 cm³/mol. The van der Waals surface area contributed by atoms with Crippen LogP contribution in [-0.2, 0) is 4.74 Å². The summed E-state index contributed by atoms with van der Waals surface area (Å²) in [5, 5.41) is 0. The predicted octanol–water partition coefficient (Wildman–Crippen LogP) is 3.49. The molecule has 0 aliphatic rings. The van der Waals surface area contributed by atoms with Crippen molar-refractivity contribution in [1.29, 1.82) is 0 Å². The summed E-state index contributed by atoms with van der Waals surface area (Å²) in [4.78, 5) is 24.2. The highest BCUT2D eigenvalue weighted by atomic mass is 16.5. The van der Waals surface area contributed by atoms with Gasteiger partial charge in [-0.15, -0.1) is 0 Å². The zero-order chi connectivity index (χ0) is 18.2. The number of hydrogen-bond donors (Lipinski definition) is 0. The molecule has 2 aromatic rings. The standard InChI is InChI=1S/C19H20O6/c1-4-23-14-7-9-15(10-8-14)25-18(20)13-6-11-17(24-5-2)16(12-13)19(21)22-3/h6-12H,4-5H2,1-3H3. The van der Waals surface area contributed by atoms with E-state index in [1.165, 1.54) is 19.2 Å². The molecule has 6 heteroatoms. The summed E-state index contributed by atoms with van der Waals surface area (Å²) in [5.74, 6) is 0.252. The molecule has 0 aromatic heterocycles. The van der Waals surface area contributed by atoms with Crippen molar-refractivity contribution in [2.75, 3.05) is 20.3 Å². The molecule has 0 N–H and O–H groups in total. The first kappa shape index (κ1) is 18.3. The van der Waals surface area contributed by atoms with E-state index in [1.807, 2.05) is 6.92 Å². The average molecular weight is 344 g/mol. The Morgan fingerprint density at radius 3 is 2.08 bits per heavy atom. The maximum atomic E-state index is 12.3. The van der Waals surface area contributed by atoms with Crippen LogP contribution in [0.3, 0.4) is 0 Å². The maximum Gasteiger partial charge on any atom is 0.343 e. The van der Waals surface area contributed by atoms with Crippen LogP contribution in [0, 0.1) is 0 Å². The molecule has 0 aliphatic carbocycles. The number of esters is 2. The number of carbonyl (C=O) groups excluding carboxylic acids is 2. The van der Waals surface area contributed by atoms with Crippen molar-refractivity contribution < 1.29 is 28.5 Å². The van der Waals surface area contributed by atoms with E-state index in [2.05, 4.69) is 0 Å². The minimum absolute atomic E-state index is 0.172. The SMILES string of the molecule is CCOc1ccc(OC(=O)c2ccc(OCC)c(C(=O)OC)c2)cc1. The molecular weight excluding hydrogens is 324 g/mol. The zero-order valence-corrected chi connectivity index (χ0v) is 14.4. The maximum absolute atomic E-state index is 12.3. The number of carbonyl (C=O) groups is 2. The molecule has 0 radical (unpaired) electrons. The highest BCUT2D eigenvalue weighted by molar-refractivity contribution is 5.98. The summed E-state index contributed by atoms with van der Waals surface area (Å²) in [7, 11) is 1.27. The summed E-state index contributed by atoms with van der Waals surface area (Å²) >= 11 is 0. The van der Waals surface area contributed by atoms with Gasteiger partial charge in [0.15, 0.2) is 0 Å². The number of methoxy groups -OCH3 is 1. The van der Waals surface area contributed by atoms with Crippen molar-refractivity contribution in [3.63, 3.8) is 0 Å². The van der Waals surface area contributed by atoms with Crippen LogP contribution in [0.5, 0.6) is 17.2 Å². The van der Waals surface area contributed by atoms with Crippen LogP contribution in [0.25, 0.3) is 0 Å². The van der Waals surface area contributed by atoms with Gasteiger partial charge in [0.05, 0.1) is 25.9 Å². The lowest BCUT2D eigenvalue weighted by Gasteiger charge is -2.11. The molecule has 0 aliphatic heterocycles. The van der Waals surface area contributed by atoms with Gasteiger partial charge in [-0.05, 0) is 56.3 Å². The van der Waals surface area contributed by atoms with Crippen LogP contribution >= 0.6 is 0 Å². The summed E-state index contributed by atoms with van der Waals surface area (Å²) in [6.07, 6.45) is 0. The van der Waals surface area contributed by atoms with Crippen LogP contribution in [0.15, 0.2) is 42.5 Å². The molecule has 0 atom stereocenters. The van der Waals surface area contributed by atoms with E-state index in [-0.39, 0.29) is 11.1 Å². The van der Waals surface area contributed by atoms with Crippen molar-refractivity contribution in [1.82, 2.24) is 0 Å². The Bertz CT molecular complexity index is 736. The second-order valence-electron chi connectivity index (χ2n) is 4.93. The van der Waals surface area contributed by atoms with Gasteiger partial charge < -0.3 is 18.9 Å². The van der Waals surface area contributed by atoms with Gasteiger partial charge in [-0.3, -0.25) is 0 Å². The fourth-order valence-electron chi connectivity index (χ4n) is 2.14. The Kier molecular flexibility index (Phi) is 6.39. The first-order valence-corrected chi connectivity index (χ1v) is 7.89. The molecule has 0 saturated carbocycles. The second-order valence-corrected chi connectivity index (χ2v) is 4.93. The first-order chi connectivity index (χ1) is 12.1. The second kappa shape index (κ2) is 8.73. The Balaban J connectivity index is 2.19. The third-order valence-electron chi connectivity index (χ3n) is 3.27. The lowest BCUT2D eigenvalue weighted by molar-refractivity contribution is 0.0596. The van der Waals surface area contributed by atoms with Gasteiger partial charge in [-0.25, -0.2) is 9.59 Å². The van der Waals surface area contributed by atoms with Crippen molar-refractivity contribution in [3.05, 3.63) is 53.6 Å². The Hall–Kier alpha value is -3.02. The molecule has 2 rings (SSSR count). The van der Waals surface area contributed by atoms with Crippen molar-refractivity contribution >= 4 is 11.9 Å². The Morgan fingerprint density at radius 1 is 0.840 bits per heavy atom. The molecule has 2 aromatic carbocycles. The van der Waals surface area contributed by atoms with Gasteiger partial charge in [0, 0.05) is 0 Å². The van der Waals surface area contributed by atoms with Crippen LogP contribution in [0.1, 0.15) is 34.6 Å². The quantitative estimate of drug-likeness (QED) is 0.566. The Labute approximate surface area is 146 Å². The molecule has 0 saturated heterocycles. The van der Waals surface area contributed by atoms with E-state index >= 15 is 0 Å². The normalized spacial score (nSPS) is 10.0. The van der Waals surface area contributed by atoms with E-state index in [1.54, 1.807) is 37.3 Å². The fraction of sp³-hybridized carbons (Fsp3) is 0.263. The Morgan fingerprint density at radius 2 is 1.48 bits per heavy atom. The van der Waals surface area contributed by atoms with E-state index in [4.69, 9.17) is 18.9 Å². The van der Waals surface area contributed by atoms with Crippen LogP contribution in [-0.4, -0.2) is 32.3 Å². The summed E-state index contributed by atoms with van der Waals surface area (Å²) < 4.78 is 20.8. The van der Waals surface area contributed by atoms with Gasteiger partial charge >= 0.3 is 11.9 Å². The van der Waals surface area contributed by atoms with E-state index < -0.39 is 11.9 Å². The number of benzene rings is 2. The van der Waals surface area contributed by atoms with E-state index in [9.17, 15) is 9.59 Å². The lowest BCUT2D eigenvalue weighted by Crippen LogP contribution is -2.12. The topological polar surface area (TPSA) is 71.1 Å². The van der Waals surface area contributed by atoms with Crippen LogP contribution < -0.4 is 14.2 Å². The molecule has 0 spiro atoms. The molecule has 0 fully saturated rings. The van der Waals surface area contributed by atoms with Gasteiger partial charge in [0.2, 0.25) is 0 Å². The minimum atomic E-state index is -0.586. The zero-order valence-electron chi connectivity index (χ0n) is 14.4. The average Bonchev–Trinajstić information content (AvgIpc) is 2.63. The van der Waals surface area contributed by atoms with Crippen molar-refractivity contribution in [3.8, 4) is 17.2 Å². The van der Waals surface area contributed by atoms with Gasteiger partial charge in [0.25, 0.3) is 0 Å². The molecule has 132 valence electrons. The first-order valence-electron chi connectivity index (χ1n) is 7.89. The summed E-state index contributed by atoms with van der Waals surface area (Å²) in [6.45, 7) is 4.63. The van der Waals surface area contributed by atoms with Gasteiger partial charge in [-0.1, -0.05) is 0 Å². The third-order valence-corrected chi connectivity index (χ3v) is 3.27. The smallest absolute Gasteiger partial charge is 0.343 e. The van der Waals surface area contributed by atoms with Crippen LogP contribution in [0.2, 0.25) is 0 Å². The summed E-state index contributed by atoms with van der Waals surface area (Å²) in [5.41, 5.74) is 0.392. The molecule has 0 heterocycles. The number of ether oxygens (including phenoxy) is 4. The molecule has 0 unspecified atom stereocenters. The lowest BCUT2D eigenvalue weighted by atomic mass is 10.1. The number of hydrogen-bond acceptors (Lipinski definition) is 6. The fourth-order valence-corrected chi connectivity index (χ4v) is 2.14. The third kappa shape index (κ3) is 4.73. The highest BCUT2D eigenvalue weighted by Gasteiger charge is 2.18. The molecule has 6 nitrogen and oxygen atoms in total. The molecule has 0 bridgehead atoms. The highest BCUT2D eigenvalue weighted by Crippen LogP contribution is 2.23. The largest absolute Gasteiger partial charge is 0.494 e. The number of rotatable bonds is 7. The van der Waals surface area contributed by atoms with E-state index in [0.29, 0.717) is 30.5 Å². The molecule has 0 amide bonds. The van der Waals surface area contributed by atoms with Crippen molar-refractivity contribution in [2.24, 2.45) is 0 Å². The minimum Gasteiger partial charge on any atom is -0.494 e. The van der Waals surface area contributed by atoms with Gasteiger partial charge in [-0.2, -0.15) is 0 Å². The van der Waals surface area contributed by atoms with E-state index in [0.717, 1.165) is 0 Å². The molecular formula is C19H20O6. The summed E-state index contributed by atoms with van der Waals surface area (Å²) in [6, 6.07) is 11.2. The van der Waals surface area contributed by atoms with Crippen molar-refractivity contribution in [2.45, 2.75) is 13.8 Å². The monoisotopic (exact) mass is 344 g/mol.